The van der Waals surface area contributed by atoms with Crippen molar-refractivity contribution in [2.24, 2.45) is 0 Å². The molecule has 0 spiro atoms. The van der Waals surface area contributed by atoms with E-state index in [0.717, 1.165) is 21.4 Å². The Morgan fingerprint density at radius 2 is 1.89 bits per heavy atom. The number of hydrogen-bond donors (Lipinski definition) is 2. The van der Waals surface area contributed by atoms with Gasteiger partial charge < -0.3 is 10.6 Å². The number of benzene rings is 2. The van der Waals surface area contributed by atoms with Crippen molar-refractivity contribution in [3.05, 3.63) is 57.5 Å². The predicted octanol–water partition coefficient (Wildman–Crippen LogP) is 4.21. The highest BCUT2D eigenvalue weighted by atomic mass is 79.9. The first-order valence-electron chi connectivity index (χ1n) is 5.76. The van der Waals surface area contributed by atoms with Crippen molar-refractivity contribution in [1.82, 2.24) is 0 Å². The minimum Gasteiger partial charge on any atom is -0.370 e. The minimum absolute atomic E-state index is 0.0693. The molecule has 1 unspecified atom stereocenters. The number of fused-ring (bicyclic) bond motifs is 1. The summed E-state index contributed by atoms with van der Waals surface area (Å²) in [5, 5.41) is 6.67. The summed E-state index contributed by atoms with van der Waals surface area (Å²) >= 11 is 9.37. The molecule has 0 saturated carbocycles. The fourth-order valence-electron chi connectivity index (χ4n) is 2.09. The summed E-state index contributed by atoms with van der Waals surface area (Å²) in [6, 6.07) is 12.7. The molecule has 2 aromatic carbocycles. The minimum atomic E-state index is -0.408. The lowest BCUT2D eigenvalue weighted by molar-refractivity contribution is -0.116. The zero-order chi connectivity index (χ0) is 13.4. The van der Waals surface area contributed by atoms with Gasteiger partial charge in [-0.15, -0.1) is 0 Å². The molecule has 3 nitrogen and oxygen atoms in total. The molecule has 1 aliphatic heterocycles. The Morgan fingerprint density at radius 1 is 1.16 bits per heavy atom. The molecule has 0 aliphatic carbocycles. The third kappa shape index (κ3) is 2.46. The second-order valence-corrected chi connectivity index (χ2v) is 5.66. The van der Waals surface area contributed by atoms with Gasteiger partial charge >= 0.3 is 0 Å². The van der Waals surface area contributed by atoms with E-state index in [1.807, 2.05) is 36.4 Å². The largest absolute Gasteiger partial charge is 0.370 e. The molecule has 96 valence electrons. The molecule has 0 fully saturated rings. The highest BCUT2D eigenvalue weighted by Crippen LogP contribution is 2.35. The standard InChI is InChI=1S/C14H10BrClN2O/c15-8-1-4-10(5-2-8)17-13-11-7-9(16)3-6-12(11)18-14(13)19/h1-7,13,17H,(H,18,19). The lowest BCUT2D eigenvalue weighted by Gasteiger charge is -2.13. The monoisotopic (exact) mass is 336 g/mol. The second-order valence-electron chi connectivity index (χ2n) is 4.31. The molecule has 19 heavy (non-hydrogen) atoms. The van der Waals surface area contributed by atoms with Crippen LogP contribution in [0.3, 0.4) is 0 Å². The van der Waals surface area contributed by atoms with Crippen molar-refractivity contribution < 1.29 is 4.79 Å². The maximum Gasteiger partial charge on any atom is 0.251 e. The molecule has 0 saturated heterocycles. The van der Waals surface area contributed by atoms with E-state index in [-0.39, 0.29) is 5.91 Å². The van der Waals surface area contributed by atoms with Crippen molar-refractivity contribution in [3.63, 3.8) is 0 Å². The molecule has 2 aromatic rings. The Bertz CT molecular complexity index is 642. The van der Waals surface area contributed by atoms with E-state index in [0.29, 0.717) is 5.02 Å². The van der Waals surface area contributed by atoms with Gasteiger partial charge in [0.1, 0.15) is 6.04 Å². The Labute approximate surface area is 124 Å². The maximum atomic E-state index is 12.0. The molecular weight excluding hydrogens is 328 g/mol. The molecule has 2 N–H and O–H groups in total. The van der Waals surface area contributed by atoms with Crippen LogP contribution in [0.15, 0.2) is 46.9 Å². The number of halogens is 2. The molecule has 3 rings (SSSR count). The van der Waals surface area contributed by atoms with Gasteiger partial charge in [-0.25, -0.2) is 0 Å². The van der Waals surface area contributed by atoms with Crippen LogP contribution in [0.5, 0.6) is 0 Å². The third-order valence-electron chi connectivity index (χ3n) is 3.00. The summed E-state index contributed by atoms with van der Waals surface area (Å²) in [6.07, 6.45) is 0. The van der Waals surface area contributed by atoms with Crippen LogP contribution in [0, 0.1) is 0 Å². The van der Waals surface area contributed by atoms with Gasteiger partial charge in [0.2, 0.25) is 0 Å². The summed E-state index contributed by atoms with van der Waals surface area (Å²) < 4.78 is 0.998. The normalized spacial score (nSPS) is 16.9. The third-order valence-corrected chi connectivity index (χ3v) is 3.76. The molecule has 0 aromatic heterocycles. The SMILES string of the molecule is O=C1Nc2ccc(Cl)cc2C1Nc1ccc(Br)cc1. The van der Waals surface area contributed by atoms with E-state index in [1.54, 1.807) is 6.07 Å². The topological polar surface area (TPSA) is 41.1 Å². The number of carbonyl (C=O) groups excluding carboxylic acids is 1. The van der Waals surface area contributed by atoms with E-state index in [4.69, 9.17) is 11.6 Å². The maximum absolute atomic E-state index is 12.0. The van der Waals surface area contributed by atoms with Crippen molar-refractivity contribution in [3.8, 4) is 0 Å². The summed E-state index contributed by atoms with van der Waals surface area (Å²) in [5.74, 6) is -0.0693. The van der Waals surface area contributed by atoms with Gasteiger partial charge in [-0.1, -0.05) is 27.5 Å². The first-order valence-corrected chi connectivity index (χ1v) is 6.93. The van der Waals surface area contributed by atoms with Crippen LogP contribution >= 0.6 is 27.5 Å². The Hall–Kier alpha value is -1.52. The molecule has 1 atom stereocenters. The predicted molar refractivity (Wildman–Crippen MR) is 80.6 cm³/mol. The van der Waals surface area contributed by atoms with Crippen LogP contribution < -0.4 is 10.6 Å². The first-order chi connectivity index (χ1) is 9.13. The van der Waals surface area contributed by atoms with Crippen LogP contribution in [0.2, 0.25) is 5.02 Å². The fourth-order valence-corrected chi connectivity index (χ4v) is 2.53. The Balaban J connectivity index is 1.91. The molecule has 1 amide bonds. The van der Waals surface area contributed by atoms with E-state index in [1.165, 1.54) is 0 Å². The van der Waals surface area contributed by atoms with Crippen molar-refractivity contribution in [1.29, 1.82) is 0 Å². The van der Waals surface area contributed by atoms with Gasteiger partial charge in [0, 0.05) is 26.4 Å². The lowest BCUT2D eigenvalue weighted by atomic mass is 10.1. The lowest BCUT2D eigenvalue weighted by Crippen LogP contribution is -2.19. The van der Waals surface area contributed by atoms with Crippen LogP contribution in [-0.2, 0) is 4.79 Å². The summed E-state index contributed by atoms with van der Waals surface area (Å²) in [5.41, 5.74) is 2.57. The molecule has 5 heteroatoms. The fraction of sp³-hybridized carbons (Fsp3) is 0.0714. The molecule has 1 heterocycles. The second kappa shape index (κ2) is 4.87. The number of nitrogens with one attached hydrogen (secondary N) is 2. The van der Waals surface area contributed by atoms with Crippen LogP contribution in [0.4, 0.5) is 11.4 Å². The van der Waals surface area contributed by atoms with Crippen LogP contribution in [0.25, 0.3) is 0 Å². The van der Waals surface area contributed by atoms with Crippen LogP contribution in [-0.4, -0.2) is 5.91 Å². The van der Waals surface area contributed by atoms with Gasteiger partial charge in [-0.2, -0.15) is 0 Å². The summed E-state index contributed by atoms with van der Waals surface area (Å²) in [7, 11) is 0. The van der Waals surface area contributed by atoms with Crippen LogP contribution in [0.1, 0.15) is 11.6 Å². The zero-order valence-corrected chi connectivity index (χ0v) is 12.1. The molecule has 1 aliphatic rings. The smallest absolute Gasteiger partial charge is 0.251 e. The number of amides is 1. The number of carbonyl (C=O) groups is 1. The van der Waals surface area contributed by atoms with Crippen molar-refractivity contribution in [2.75, 3.05) is 10.6 Å². The van der Waals surface area contributed by atoms with Gasteiger partial charge in [-0.05, 0) is 42.5 Å². The van der Waals surface area contributed by atoms with E-state index in [9.17, 15) is 4.79 Å². The highest BCUT2D eigenvalue weighted by molar-refractivity contribution is 9.10. The van der Waals surface area contributed by atoms with Gasteiger partial charge in [0.25, 0.3) is 5.91 Å². The quantitative estimate of drug-likeness (QED) is 0.862. The Kier molecular flexibility index (Phi) is 3.21. The van der Waals surface area contributed by atoms with E-state index >= 15 is 0 Å². The Morgan fingerprint density at radius 3 is 2.63 bits per heavy atom. The number of anilines is 2. The highest BCUT2D eigenvalue weighted by Gasteiger charge is 2.30. The van der Waals surface area contributed by atoms with Crippen molar-refractivity contribution >= 4 is 44.8 Å². The van der Waals surface area contributed by atoms with Gasteiger partial charge in [-0.3, -0.25) is 4.79 Å². The zero-order valence-electron chi connectivity index (χ0n) is 9.78. The summed E-state index contributed by atoms with van der Waals surface area (Å²) in [4.78, 5) is 12.0. The first kappa shape index (κ1) is 12.5. The molecular formula is C14H10BrClN2O. The molecule has 0 radical (unpaired) electrons. The number of rotatable bonds is 2. The van der Waals surface area contributed by atoms with E-state index < -0.39 is 6.04 Å². The van der Waals surface area contributed by atoms with Gasteiger partial charge in [0.05, 0.1) is 0 Å². The number of hydrogen-bond acceptors (Lipinski definition) is 2. The molecule has 0 bridgehead atoms. The van der Waals surface area contributed by atoms with Crippen molar-refractivity contribution in [2.45, 2.75) is 6.04 Å². The van der Waals surface area contributed by atoms with E-state index in [2.05, 4.69) is 26.6 Å². The average molecular weight is 338 g/mol. The summed E-state index contributed by atoms with van der Waals surface area (Å²) in [6.45, 7) is 0. The average Bonchev–Trinajstić information content (AvgIpc) is 2.69. The van der Waals surface area contributed by atoms with Gasteiger partial charge in [0.15, 0.2) is 0 Å².